The molecule has 0 spiro atoms. The van der Waals surface area contributed by atoms with Crippen LogP contribution in [0.1, 0.15) is 12.0 Å². The Morgan fingerprint density at radius 1 is 1.38 bits per heavy atom. The summed E-state index contributed by atoms with van der Waals surface area (Å²) in [5.41, 5.74) is 1.06. The minimum atomic E-state index is -2.59. The van der Waals surface area contributed by atoms with Crippen molar-refractivity contribution in [3.05, 3.63) is 38.8 Å². The molecule has 1 heterocycles. The summed E-state index contributed by atoms with van der Waals surface area (Å²) in [5.74, 6) is -0.367. The van der Waals surface area contributed by atoms with Crippen LogP contribution >= 0.6 is 47.8 Å². The maximum atomic E-state index is 12.7. The molecule has 111 valence electrons. The smallest absolute Gasteiger partial charge is 0.256 e. The second-order valence-electron chi connectivity index (χ2n) is 4.16. The predicted molar refractivity (Wildman–Crippen MR) is 83.5 cm³/mol. The van der Waals surface area contributed by atoms with Crippen molar-refractivity contribution in [1.29, 1.82) is 0 Å². The van der Waals surface area contributed by atoms with Gasteiger partial charge >= 0.3 is 0 Å². The molecule has 0 saturated heterocycles. The van der Waals surface area contributed by atoms with Gasteiger partial charge in [-0.15, -0.1) is 17.3 Å². The Kier molecular flexibility index (Phi) is 8.16. The monoisotopic (exact) mass is 559 g/mol. The Morgan fingerprint density at radius 2 is 2.05 bits per heavy atom. The minimum Gasteiger partial charge on any atom is -0.341 e. The third-order valence-electron chi connectivity index (χ3n) is 2.76. The topological polar surface area (TPSA) is 20.3 Å². The van der Waals surface area contributed by atoms with Crippen LogP contribution in [0.4, 0.5) is 8.78 Å². The normalized spacial score (nSPS) is 18.6. The number of hydrogen-bond donors (Lipinski definition) is 0. The molecule has 0 bridgehead atoms. The molecule has 1 unspecified atom stereocenters. The fourth-order valence-corrected chi connectivity index (χ4v) is 3.53. The standard InChI is InChI=1S/C13H9Br3F2NO.Y/c14-7-1-2-8(10(16)5-7)11-4-3-9(15)13(20)19(11)6-12(17)18;/h1-2,5,9,12H,3,6H2;/q-1;. The van der Waals surface area contributed by atoms with E-state index >= 15 is 0 Å². The maximum absolute atomic E-state index is 12.7. The number of nitrogens with zero attached hydrogens (tertiary/aromatic N) is 1. The summed E-state index contributed by atoms with van der Waals surface area (Å²) in [5, 5.41) is 0. The van der Waals surface area contributed by atoms with Crippen molar-refractivity contribution in [3.8, 4) is 0 Å². The molecular weight excluding hydrogens is 553 g/mol. The second kappa shape index (κ2) is 8.62. The molecule has 1 aromatic carbocycles. The number of amides is 1. The zero-order chi connectivity index (χ0) is 14.9. The SMILES string of the molecule is O=C1C(Br)C[C-]=C(c2ccc(Br)cc2Br)N1CC(F)F.[Y]. The molecular formula is C13H9Br3F2NOY-. The zero-order valence-electron chi connectivity index (χ0n) is 10.6. The van der Waals surface area contributed by atoms with Crippen molar-refractivity contribution in [2.45, 2.75) is 17.7 Å². The van der Waals surface area contributed by atoms with Crippen LogP contribution in [0.3, 0.4) is 0 Å². The van der Waals surface area contributed by atoms with Gasteiger partial charge in [-0.25, -0.2) is 14.9 Å². The summed E-state index contributed by atoms with van der Waals surface area (Å²) in [4.78, 5) is 12.7. The van der Waals surface area contributed by atoms with Gasteiger partial charge in [0, 0.05) is 37.2 Å². The number of rotatable bonds is 3. The van der Waals surface area contributed by atoms with Crippen LogP contribution < -0.4 is 0 Å². The van der Waals surface area contributed by atoms with Gasteiger partial charge in [0.1, 0.15) is 0 Å². The molecule has 2 nitrogen and oxygen atoms in total. The van der Waals surface area contributed by atoms with E-state index in [0.29, 0.717) is 17.7 Å². The molecule has 1 aliphatic heterocycles. The van der Waals surface area contributed by atoms with Crippen LogP contribution in [-0.2, 0) is 37.5 Å². The Hall–Kier alpha value is 0.834. The third-order valence-corrected chi connectivity index (χ3v) is 4.62. The molecule has 1 amide bonds. The summed E-state index contributed by atoms with van der Waals surface area (Å²) < 4.78 is 27.0. The summed E-state index contributed by atoms with van der Waals surface area (Å²) >= 11 is 9.90. The first-order valence-corrected chi connectivity index (χ1v) is 8.20. The number of alkyl halides is 3. The van der Waals surface area contributed by atoms with Crippen molar-refractivity contribution in [1.82, 2.24) is 4.90 Å². The van der Waals surface area contributed by atoms with E-state index in [1.807, 2.05) is 0 Å². The Labute approximate surface area is 172 Å². The molecule has 8 heteroatoms. The van der Waals surface area contributed by atoms with E-state index < -0.39 is 17.8 Å². The van der Waals surface area contributed by atoms with Crippen LogP contribution in [0.25, 0.3) is 5.70 Å². The largest absolute Gasteiger partial charge is 0.341 e. The van der Waals surface area contributed by atoms with Gasteiger partial charge in [-0.05, 0) is 0 Å². The molecule has 0 saturated carbocycles. The first-order valence-electron chi connectivity index (χ1n) is 5.70. The zero-order valence-corrected chi connectivity index (χ0v) is 18.2. The van der Waals surface area contributed by atoms with Crippen LogP contribution in [0.2, 0.25) is 0 Å². The second-order valence-corrected chi connectivity index (χ2v) is 7.04. The molecule has 21 heavy (non-hydrogen) atoms. The number of halogens is 5. The van der Waals surface area contributed by atoms with Crippen LogP contribution in [-0.4, -0.2) is 28.6 Å². The van der Waals surface area contributed by atoms with E-state index in [0.717, 1.165) is 13.8 Å². The van der Waals surface area contributed by atoms with Crippen LogP contribution in [0.15, 0.2) is 27.1 Å². The van der Waals surface area contributed by atoms with Gasteiger partial charge < -0.3 is 4.90 Å². The van der Waals surface area contributed by atoms with Gasteiger partial charge in [-0.2, -0.15) is 0 Å². The molecule has 0 N–H and O–H groups in total. The average molecular weight is 562 g/mol. The van der Waals surface area contributed by atoms with Crippen molar-refractivity contribution in [2.24, 2.45) is 0 Å². The molecule has 0 aromatic heterocycles. The van der Waals surface area contributed by atoms with E-state index in [-0.39, 0.29) is 38.6 Å². The Balaban J connectivity index is 0.00000220. The fraction of sp³-hybridized carbons (Fsp3) is 0.308. The maximum Gasteiger partial charge on any atom is 0.256 e. The number of hydrogen-bond acceptors (Lipinski definition) is 1. The van der Waals surface area contributed by atoms with Gasteiger partial charge in [-0.3, -0.25) is 4.79 Å². The van der Waals surface area contributed by atoms with Crippen molar-refractivity contribution in [3.63, 3.8) is 0 Å². The molecule has 2 rings (SSSR count). The number of benzene rings is 1. The minimum absolute atomic E-state index is 0. The molecule has 1 atom stereocenters. The van der Waals surface area contributed by atoms with Crippen LogP contribution in [0, 0.1) is 6.08 Å². The summed E-state index contributed by atoms with van der Waals surface area (Å²) in [6.45, 7) is -0.633. The van der Waals surface area contributed by atoms with Crippen molar-refractivity contribution in [2.75, 3.05) is 6.54 Å². The van der Waals surface area contributed by atoms with Crippen LogP contribution in [0.5, 0.6) is 0 Å². The first-order chi connectivity index (χ1) is 9.40. The van der Waals surface area contributed by atoms with E-state index in [9.17, 15) is 13.6 Å². The van der Waals surface area contributed by atoms with Crippen molar-refractivity contribution >= 4 is 59.4 Å². The predicted octanol–water partition coefficient (Wildman–Crippen LogP) is 4.61. The summed E-state index contributed by atoms with van der Waals surface area (Å²) in [6, 6.07) is 5.35. The van der Waals surface area contributed by atoms with Gasteiger partial charge in [0.15, 0.2) is 0 Å². The van der Waals surface area contributed by atoms with Gasteiger partial charge in [0.05, 0.1) is 11.4 Å². The molecule has 0 aliphatic carbocycles. The molecule has 1 aromatic rings. The number of carbonyl (C=O) groups excluding carboxylic acids is 1. The summed E-state index contributed by atoms with van der Waals surface area (Å²) in [7, 11) is 0. The Bertz CT molecular complexity index is 568. The number of allylic oxidation sites excluding steroid dienone is 1. The average Bonchev–Trinajstić information content (AvgIpc) is 2.36. The molecule has 1 aliphatic rings. The molecule has 0 fully saturated rings. The van der Waals surface area contributed by atoms with Crippen molar-refractivity contribution < 1.29 is 46.3 Å². The Morgan fingerprint density at radius 3 is 2.62 bits per heavy atom. The summed E-state index contributed by atoms with van der Waals surface area (Å²) in [6.07, 6.45) is 0.790. The molecule has 1 radical (unpaired) electrons. The first kappa shape index (κ1) is 19.9. The van der Waals surface area contributed by atoms with Gasteiger partial charge in [-0.1, -0.05) is 70.8 Å². The van der Waals surface area contributed by atoms with E-state index in [4.69, 9.17) is 0 Å². The van der Waals surface area contributed by atoms with Gasteiger partial charge in [0.2, 0.25) is 5.91 Å². The quantitative estimate of drug-likeness (QED) is 0.390. The third kappa shape index (κ3) is 4.90. The number of carbonyl (C=O) groups is 1. The fourth-order valence-electron chi connectivity index (χ4n) is 1.89. The van der Waals surface area contributed by atoms with E-state index in [1.54, 1.807) is 18.2 Å². The van der Waals surface area contributed by atoms with Gasteiger partial charge in [0.25, 0.3) is 6.43 Å². The van der Waals surface area contributed by atoms with E-state index in [1.165, 1.54) is 0 Å². The van der Waals surface area contributed by atoms with E-state index in [2.05, 4.69) is 53.9 Å².